The third-order valence-electron chi connectivity index (χ3n) is 2.70. The maximum absolute atomic E-state index is 12.4. The molecule has 1 aromatic carbocycles. The van der Waals surface area contributed by atoms with Crippen LogP contribution >= 0.6 is 22.9 Å². The highest BCUT2D eigenvalue weighted by Gasteiger charge is 2.22. The number of nitrogens with zero attached hydrogens (tertiary/aromatic N) is 1. The minimum atomic E-state index is -3.43. The third kappa shape index (κ3) is 3.36. The third-order valence-corrected chi connectivity index (χ3v) is 6.27. The molecule has 0 N–H and O–H groups in total. The van der Waals surface area contributed by atoms with Crippen molar-refractivity contribution in [3.8, 4) is 0 Å². The van der Waals surface area contributed by atoms with Crippen molar-refractivity contribution in [2.75, 3.05) is 7.05 Å². The highest BCUT2D eigenvalue weighted by molar-refractivity contribution is 7.91. The molecular weight excluding hydrogens is 302 g/mol. The van der Waals surface area contributed by atoms with Gasteiger partial charge in [0.2, 0.25) is 0 Å². The largest absolute Gasteiger partial charge is 0.252 e. The fourth-order valence-electron chi connectivity index (χ4n) is 1.64. The van der Waals surface area contributed by atoms with Crippen LogP contribution in [0.25, 0.3) is 0 Å². The number of hydrogen-bond acceptors (Lipinski definition) is 3. The minimum absolute atomic E-state index is 0.328. The van der Waals surface area contributed by atoms with Crippen LogP contribution < -0.4 is 0 Å². The van der Waals surface area contributed by atoms with Crippen LogP contribution in [0, 0.1) is 0 Å². The lowest BCUT2D eigenvalue weighted by Gasteiger charge is -2.15. The second kappa shape index (κ2) is 6.05. The van der Waals surface area contributed by atoms with Crippen molar-refractivity contribution in [2.45, 2.75) is 16.6 Å². The Balaban J connectivity index is 2.19. The first-order valence-corrected chi connectivity index (χ1v) is 8.53. The molecule has 3 nitrogen and oxygen atoms in total. The Labute approximate surface area is 122 Å². The summed E-state index contributed by atoms with van der Waals surface area (Å²) >= 11 is 6.90. The van der Waals surface area contributed by atoms with Gasteiger partial charge >= 0.3 is 0 Å². The van der Waals surface area contributed by atoms with Crippen molar-refractivity contribution < 1.29 is 8.42 Å². The Morgan fingerprint density at radius 1 is 1.21 bits per heavy atom. The van der Waals surface area contributed by atoms with E-state index in [2.05, 4.69) is 0 Å². The van der Waals surface area contributed by atoms with Crippen molar-refractivity contribution >= 4 is 33.0 Å². The molecule has 0 bridgehead atoms. The lowest BCUT2D eigenvalue weighted by atomic mass is 10.2. The molecule has 0 radical (unpaired) electrons. The average molecular weight is 316 g/mol. The van der Waals surface area contributed by atoms with Gasteiger partial charge < -0.3 is 0 Å². The lowest BCUT2D eigenvalue weighted by Crippen LogP contribution is -2.25. The fourth-order valence-corrected chi connectivity index (χ4v) is 4.46. The summed E-state index contributed by atoms with van der Waals surface area (Å²) in [6, 6.07) is 11.1. The van der Waals surface area contributed by atoms with E-state index in [1.165, 1.54) is 15.6 Å². The first kappa shape index (κ1) is 14.5. The standard InChI is InChI=1S/C13H14ClNO2S2/c1-15(9-11-5-3-2-4-6-11)19(16,17)13-7-12(8-14)10-18-13/h2-7,10H,8-9H2,1H3. The first-order chi connectivity index (χ1) is 9.04. The van der Waals surface area contributed by atoms with E-state index in [1.54, 1.807) is 18.5 Å². The molecule has 0 unspecified atom stereocenters. The van der Waals surface area contributed by atoms with Gasteiger partial charge in [0.1, 0.15) is 4.21 Å². The van der Waals surface area contributed by atoms with E-state index in [1.807, 2.05) is 30.3 Å². The van der Waals surface area contributed by atoms with E-state index >= 15 is 0 Å². The zero-order valence-corrected chi connectivity index (χ0v) is 12.8. The van der Waals surface area contributed by atoms with Crippen LogP contribution in [-0.2, 0) is 22.4 Å². The van der Waals surface area contributed by atoms with E-state index in [0.717, 1.165) is 11.1 Å². The summed E-state index contributed by atoms with van der Waals surface area (Å²) in [7, 11) is -1.85. The number of thiophene rings is 1. The van der Waals surface area contributed by atoms with Crippen molar-refractivity contribution in [1.29, 1.82) is 0 Å². The molecule has 6 heteroatoms. The van der Waals surface area contributed by atoms with Gasteiger partial charge in [0.25, 0.3) is 10.0 Å². The van der Waals surface area contributed by atoms with Gasteiger partial charge in [-0.05, 0) is 22.6 Å². The Bertz CT molecular complexity index is 638. The number of hydrogen-bond donors (Lipinski definition) is 0. The number of benzene rings is 1. The average Bonchev–Trinajstić information content (AvgIpc) is 2.89. The topological polar surface area (TPSA) is 37.4 Å². The fraction of sp³-hybridized carbons (Fsp3) is 0.231. The quantitative estimate of drug-likeness (QED) is 0.794. The van der Waals surface area contributed by atoms with E-state index in [4.69, 9.17) is 11.6 Å². The molecule has 1 heterocycles. The molecule has 0 aliphatic carbocycles. The van der Waals surface area contributed by atoms with Crippen LogP contribution in [0.3, 0.4) is 0 Å². The van der Waals surface area contributed by atoms with Crippen LogP contribution in [0.15, 0.2) is 46.0 Å². The Hall–Kier alpha value is -0.880. The predicted octanol–water partition coefficient (Wildman–Crippen LogP) is 3.31. The van der Waals surface area contributed by atoms with Crippen LogP contribution in [0.2, 0.25) is 0 Å². The molecule has 0 aliphatic rings. The van der Waals surface area contributed by atoms with Crippen LogP contribution in [0.5, 0.6) is 0 Å². The summed E-state index contributed by atoms with van der Waals surface area (Å²) in [5, 5.41) is 1.77. The van der Waals surface area contributed by atoms with Crippen molar-refractivity contribution in [3.63, 3.8) is 0 Å². The van der Waals surface area contributed by atoms with Crippen molar-refractivity contribution in [2.24, 2.45) is 0 Å². The molecule has 0 fully saturated rings. The van der Waals surface area contributed by atoms with Crippen LogP contribution in [-0.4, -0.2) is 19.8 Å². The highest BCUT2D eigenvalue weighted by atomic mass is 35.5. The normalized spacial score (nSPS) is 11.9. The smallest absolute Gasteiger partial charge is 0.206 e. The Morgan fingerprint density at radius 2 is 1.89 bits per heavy atom. The molecule has 1 aromatic heterocycles. The number of rotatable bonds is 5. The van der Waals surface area contributed by atoms with Gasteiger partial charge in [-0.2, -0.15) is 4.31 Å². The Kier molecular flexibility index (Phi) is 4.62. The molecule has 0 aliphatic heterocycles. The van der Waals surface area contributed by atoms with Gasteiger partial charge in [-0.3, -0.25) is 0 Å². The summed E-state index contributed by atoms with van der Waals surface area (Å²) in [4.78, 5) is 0. The number of alkyl halides is 1. The van der Waals surface area contributed by atoms with E-state index in [-0.39, 0.29) is 0 Å². The summed E-state index contributed by atoms with van der Waals surface area (Å²) in [6.45, 7) is 0.358. The second-order valence-electron chi connectivity index (χ2n) is 4.15. The molecule has 0 saturated carbocycles. The van der Waals surface area contributed by atoms with Gasteiger partial charge in [0.05, 0.1) is 0 Å². The van der Waals surface area contributed by atoms with Gasteiger partial charge in [0, 0.05) is 19.5 Å². The van der Waals surface area contributed by atoms with E-state index in [9.17, 15) is 8.42 Å². The van der Waals surface area contributed by atoms with Gasteiger partial charge in [-0.15, -0.1) is 22.9 Å². The molecular formula is C13H14ClNO2S2. The molecule has 102 valence electrons. The minimum Gasteiger partial charge on any atom is -0.206 e. The molecule has 19 heavy (non-hydrogen) atoms. The monoisotopic (exact) mass is 315 g/mol. The van der Waals surface area contributed by atoms with Crippen LogP contribution in [0.4, 0.5) is 0 Å². The molecule has 0 spiro atoms. The molecule has 0 saturated heterocycles. The van der Waals surface area contributed by atoms with Crippen molar-refractivity contribution in [3.05, 3.63) is 52.9 Å². The zero-order chi connectivity index (χ0) is 13.9. The van der Waals surface area contributed by atoms with E-state index < -0.39 is 10.0 Å². The van der Waals surface area contributed by atoms with Gasteiger partial charge in [0.15, 0.2) is 0 Å². The number of sulfonamides is 1. The van der Waals surface area contributed by atoms with Crippen LogP contribution in [0.1, 0.15) is 11.1 Å². The second-order valence-corrected chi connectivity index (χ2v) is 7.60. The molecule has 2 rings (SSSR count). The van der Waals surface area contributed by atoms with Gasteiger partial charge in [-0.25, -0.2) is 8.42 Å². The lowest BCUT2D eigenvalue weighted by molar-refractivity contribution is 0.468. The Morgan fingerprint density at radius 3 is 2.47 bits per heavy atom. The summed E-state index contributed by atoms with van der Waals surface area (Å²) in [5.74, 6) is 0.328. The molecule has 0 amide bonds. The molecule has 2 aromatic rings. The zero-order valence-electron chi connectivity index (χ0n) is 10.4. The SMILES string of the molecule is CN(Cc1ccccc1)S(=O)(=O)c1cc(CCl)cs1. The first-order valence-electron chi connectivity index (χ1n) is 5.67. The van der Waals surface area contributed by atoms with Crippen molar-refractivity contribution in [1.82, 2.24) is 4.31 Å². The number of halogens is 1. The summed E-state index contributed by atoms with van der Waals surface area (Å²) in [5.41, 5.74) is 1.79. The van der Waals surface area contributed by atoms with E-state index in [0.29, 0.717) is 16.6 Å². The summed E-state index contributed by atoms with van der Waals surface area (Å²) < 4.78 is 26.4. The highest BCUT2D eigenvalue weighted by Crippen LogP contribution is 2.25. The maximum atomic E-state index is 12.4. The summed E-state index contributed by atoms with van der Waals surface area (Å²) in [6.07, 6.45) is 0. The molecule has 0 atom stereocenters. The maximum Gasteiger partial charge on any atom is 0.252 e. The van der Waals surface area contributed by atoms with Gasteiger partial charge in [-0.1, -0.05) is 30.3 Å². The predicted molar refractivity (Wildman–Crippen MR) is 79.0 cm³/mol.